The fourth-order valence-corrected chi connectivity index (χ4v) is 1.89. The third kappa shape index (κ3) is 5.19. The number of amides is 2. The Morgan fingerprint density at radius 3 is 2.38 bits per heavy atom. The van der Waals surface area contributed by atoms with Gasteiger partial charge in [0, 0.05) is 12.2 Å². The van der Waals surface area contributed by atoms with E-state index >= 15 is 0 Å². The molecule has 5 nitrogen and oxygen atoms in total. The summed E-state index contributed by atoms with van der Waals surface area (Å²) in [5.74, 6) is -1.25. The molecule has 3 N–H and O–H groups in total. The Morgan fingerprint density at radius 2 is 1.86 bits per heavy atom. The van der Waals surface area contributed by atoms with Crippen molar-refractivity contribution >= 4 is 17.5 Å². The number of rotatable bonds is 4. The Hall–Kier alpha value is -1.88. The first-order valence-electron chi connectivity index (χ1n) is 7.03. The number of aryl methyl sites for hydroxylation is 1. The molecule has 0 heterocycles. The van der Waals surface area contributed by atoms with Crippen molar-refractivity contribution in [1.82, 2.24) is 5.32 Å². The molecule has 2 amide bonds. The highest BCUT2D eigenvalue weighted by Crippen LogP contribution is 2.27. The lowest BCUT2D eigenvalue weighted by molar-refractivity contribution is -0.136. The molecule has 1 aromatic carbocycles. The number of carbonyl (C=O) groups is 2. The highest BCUT2D eigenvalue weighted by Gasteiger charge is 2.20. The molecule has 0 aliphatic carbocycles. The van der Waals surface area contributed by atoms with Gasteiger partial charge in [0.1, 0.15) is 0 Å². The molecule has 0 atom stereocenters. The van der Waals surface area contributed by atoms with Gasteiger partial charge >= 0.3 is 11.8 Å². The third-order valence-corrected chi connectivity index (χ3v) is 3.05. The summed E-state index contributed by atoms with van der Waals surface area (Å²) in [6.45, 7) is 9.07. The average Bonchev–Trinajstić information content (AvgIpc) is 2.36. The van der Waals surface area contributed by atoms with Crippen LogP contribution in [0.25, 0.3) is 0 Å². The van der Waals surface area contributed by atoms with E-state index in [1.54, 1.807) is 13.8 Å². The van der Waals surface area contributed by atoms with Gasteiger partial charge in [0.15, 0.2) is 0 Å². The standard InChI is InChI=1S/C16H24N2O3/c1-10(2)12-8-6-7-11(3)13(12)18-15(20)14(19)17-9-16(4,5)21/h6-8,10,21H,9H2,1-5H3,(H,17,19)(H,18,20). The SMILES string of the molecule is Cc1cccc(C(C)C)c1NC(=O)C(=O)NCC(C)(C)O. The monoisotopic (exact) mass is 292 g/mol. The second-order valence-corrected chi connectivity index (χ2v) is 6.14. The zero-order chi connectivity index (χ0) is 16.2. The lowest BCUT2D eigenvalue weighted by Crippen LogP contribution is -2.43. The number of para-hydroxylation sites is 1. The number of aliphatic hydroxyl groups is 1. The lowest BCUT2D eigenvalue weighted by Gasteiger charge is -2.18. The van der Waals surface area contributed by atoms with Crippen molar-refractivity contribution in [3.8, 4) is 0 Å². The van der Waals surface area contributed by atoms with Gasteiger partial charge in [-0.1, -0.05) is 32.0 Å². The number of carbonyl (C=O) groups excluding carboxylic acids is 2. The van der Waals surface area contributed by atoms with Gasteiger partial charge in [-0.05, 0) is 37.8 Å². The van der Waals surface area contributed by atoms with Gasteiger partial charge < -0.3 is 15.7 Å². The summed E-state index contributed by atoms with van der Waals surface area (Å²) >= 11 is 0. The molecule has 0 saturated heterocycles. The topological polar surface area (TPSA) is 78.4 Å². The maximum atomic E-state index is 12.0. The minimum atomic E-state index is -1.05. The Kier molecular flexibility index (Phi) is 5.49. The molecule has 0 aliphatic rings. The number of anilines is 1. The van der Waals surface area contributed by atoms with E-state index in [-0.39, 0.29) is 12.5 Å². The molecule has 0 aromatic heterocycles. The fraction of sp³-hybridized carbons (Fsp3) is 0.500. The lowest BCUT2D eigenvalue weighted by atomic mass is 9.98. The van der Waals surface area contributed by atoms with Crippen molar-refractivity contribution in [3.63, 3.8) is 0 Å². The Bertz CT molecular complexity index is 531. The van der Waals surface area contributed by atoms with Crippen LogP contribution in [0.15, 0.2) is 18.2 Å². The molecule has 0 radical (unpaired) electrons. The zero-order valence-electron chi connectivity index (χ0n) is 13.3. The van der Waals surface area contributed by atoms with Crippen LogP contribution in [0.3, 0.4) is 0 Å². The minimum Gasteiger partial charge on any atom is -0.389 e. The van der Waals surface area contributed by atoms with Gasteiger partial charge in [0.25, 0.3) is 0 Å². The molecule has 116 valence electrons. The van der Waals surface area contributed by atoms with E-state index in [1.165, 1.54) is 0 Å². The van der Waals surface area contributed by atoms with E-state index in [2.05, 4.69) is 10.6 Å². The van der Waals surface area contributed by atoms with Gasteiger partial charge in [-0.3, -0.25) is 9.59 Å². The second-order valence-electron chi connectivity index (χ2n) is 6.14. The predicted octanol–water partition coefficient (Wildman–Crippen LogP) is 1.94. The van der Waals surface area contributed by atoms with Crippen molar-refractivity contribution in [2.24, 2.45) is 0 Å². The smallest absolute Gasteiger partial charge is 0.313 e. The van der Waals surface area contributed by atoms with Gasteiger partial charge in [-0.2, -0.15) is 0 Å². The first kappa shape index (κ1) is 17.2. The molecule has 1 aromatic rings. The van der Waals surface area contributed by atoms with E-state index in [0.29, 0.717) is 5.69 Å². The van der Waals surface area contributed by atoms with Crippen molar-refractivity contribution in [2.75, 3.05) is 11.9 Å². The van der Waals surface area contributed by atoms with Crippen LogP contribution in [0.1, 0.15) is 44.7 Å². The molecular weight excluding hydrogens is 268 g/mol. The third-order valence-electron chi connectivity index (χ3n) is 3.05. The van der Waals surface area contributed by atoms with Gasteiger partial charge in [0.2, 0.25) is 0 Å². The molecule has 0 bridgehead atoms. The van der Waals surface area contributed by atoms with Crippen LogP contribution < -0.4 is 10.6 Å². The van der Waals surface area contributed by atoms with Crippen molar-refractivity contribution in [3.05, 3.63) is 29.3 Å². The number of hydrogen-bond donors (Lipinski definition) is 3. The highest BCUT2D eigenvalue weighted by molar-refractivity contribution is 6.39. The molecule has 1 rings (SSSR count). The molecule has 0 saturated carbocycles. The molecular formula is C16H24N2O3. The van der Waals surface area contributed by atoms with Crippen molar-refractivity contribution < 1.29 is 14.7 Å². The van der Waals surface area contributed by atoms with Gasteiger partial charge in [0.05, 0.1) is 5.60 Å². The van der Waals surface area contributed by atoms with Crippen LogP contribution in [0, 0.1) is 6.92 Å². The fourth-order valence-electron chi connectivity index (χ4n) is 1.89. The van der Waals surface area contributed by atoms with Crippen molar-refractivity contribution in [1.29, 1.82) is 0 Å². The molecule has 0 unspecified atom stereocenters. The molecule has 0 aliphatic heterocycles. The summed E-state index contributed by atoms with van der Waals surface area (Å²) in [4.78, 5) is 23.7. The average molecular weight is 292 g/mol. The molecule has 0 spiro atoms. The summed E-state index contributed by atoms with van der Waals surface area (Å²) in [6.07, 6.45) is 0. The maximum absolute atomic E-state index is 12.0. The van der Waals surface area contributed by atoms with Crippen LogP contribution in [-0.2, 0) is 9.59 Å². The van der Waals surface area contributed by atoms with Gasteiger partial charge in [-0.15, -0.1) is 0 Å². The molecule has 0 fully saturated rings. The molecule has 21 heavy (non-hydrogen) atoms. The van der Waals surface area contributed by atoms with Crippen LogP contribution in [-0.4, -0.2) is 29.1 Å². The molecule has 5 heteroatoms. The van der Waals surface area contributed by atoms with Crippen LogP contribution in [0.2, 0.25) is 0 Å². The van der Waals surface area contributed by atoms with E-state index in [0.717, 1.165) is 11.1 Å². The van der Waals surface area contributed by atoms with E-state index < -0.39 is 17.4 Å². The van der Waals surface area contributed by atoms with E-state index in [1.807, 2.05) is 39.0 Å². The predicted molar refractivity (Wildman–Crippen MR) is 83.2 cm³/mol. The summed E-state index contributed by atoms with van der Waals surface area (Å²) < 4.78 is 0. The first-order chi connectivity index (χ1) is 9.61. The van der Waals surface area contributed by atoms with E-state index in [4.69, 9.17) is 0 Å². The first-order valence-corrected chi connectivity index (χ1v) is 7.03. The quantitative estimate of drug-likeness (QED) is 0.742. The van der Waals surface area contributed by atoms with Crippen LogP contribution >= 0.6 is 0 Å². The Balaban J connectivity index is 2.82. The summed E-state index contributed by atoms with van der Waals surface area (Å²) in [5, 5.41) is 14.6. The highest BCUT2D eigenvalue weighted by atomic mass is 16.3. The Labute approximate surface area is 125 Å². The normalized spacial score (nSPS) is 11.4. The maximum Gasteiger partial charge on any atom is 0.313 e. The van der Waals surface area contributed by atoms with Crippen LogP contribution in [0.4, 0.5) is 5.69 Å². The minimum absolute atomic E-state index is 0.0179. The Morgan fingerprint density at radius 1 is 1.24 bits per heavy atom. The summed E-state index contributed by atoms with van der Waals surface area (Å²) in [5.41, 5.74) is 1.52. The summed E-state index contributed by atoms with van der Waals surface area (Å²) in [6, 6.07) is 5.74. The summed E-state index contributed by atoms with van der Waals surface area (Å²) in [7, 11) is 0. The largest absolute Gasteiger partial charge is 0.389 e. The van der Waals surface area contributed by atoms with Crippen LogP contribution in [0.5, 0.6) is 0 Å². The number of hydrogen-bond acceptors (Lipinski definition) is 3. The van der Waals surface area contributed by atoms with E-state index in [9.17, 15) is 14.7 Å². The van der Waals surface area contributed by atoms with Gasteiger partial charge in [-0.25, -0.2) is 0 Å². The number of nitrogens with one attached hydrogen (secondary N) is 2. The number of benzene rings is 1. The van der Waals surface area contributed by atoms with Crippen molar-refractivity contribution in [2.45, 2.75) is 46.1 Å². The second kappa shape index (κ2) is 6.72. The zero-order valence-corrected chi connectivity index (χ0v) is 13.3.